The summed E-state index contributed by atoms with van der Waals surface area (Å²) in [4.78, 5) is 27.6. The van der Waals surface area contributed by atoms with E-state index in [2.05, 4.69) is 15.5 Å². The van der Waals surface area contributed by atoms with Crippen molar-refractivity contribution in [3.05, 3.63) is 46.0 Å². The van der Waals surface area contributed by atoms with E-state index in [1.54, 1.807) is 13.0 Å². The topological polar surface area (TPSA) is 90.0 Å². The molecule has 3 rings (SSSR count). The van der Waals surface area contributed by atoms with Crippen molar-refractivity contribution < 1.29 is 9.32 Å². The van der Waals surface area contributed by atoms with Gasteiger partial charge in [-0.25, -0.2) is 4.98 Å². The molecule has 7 nitrogen and oxygen atoms in total. The molecule has 1 amide bonds. The molecule has 0 spiro atoms. The minimum absolute atomic E-state index is 0.130. The predicted octanol–water partition coefficient (Wildman–Crippen LogP) is 0.847. The fourth-order valence-corrected chi connectivity index (χ4v) is 2.02. The molecule has 0 aromatic carbocycles. The van der Waals surface area contributed by atoms with Crippen molar-refractivity contribution in [3.8, 4) is 0 Å². The van der Waals surface area contributed by atoms with Crippen LogP contribution < -0.4 is 10.9 Å². The first-order valence-electron chi connectivity index (χ1n) is 6.91. The van der Waals surface area contributed by atoms with E-state index in [0.29, 0.717) is 24.7 Å². The molecule has 2 heterocycles. The Balaban J connectivity index is 1.54. The molecular weight excluding hydrogens is 272 g/mol. The van der Waals surface area contributed by atoms with E-state index in [4.69, 9.17) is 4.52 Å². The molecule has 1 fully saturated rings. The summed E-state index contributed by atoms with van der Waals surface area (Å²) in [7, 11) is 0. The number of hydrogen-bond acceptors (Lipinski definition) is 5. The number of amides is 1. The number of nitrogens with zero attached hydrogens (tertiary/aromatic N) is 3. The molecule has 1 saturated carbocycles. The van der Waals surface area contributed by atoms with Gasteiger partial charge in [-0.2, -0.15) is 0 Å². The van der Waals surface area contributed by atoms with Crippen LogP contribution in [-0.2, 0) is 6.54 Å². The summed E-state index contributed by atoms with van der Waals surface area (Å²) in [5.74, 6) is 0.911. The van der Waals surface area contributed by atoms with E-state index in [0.717, 1.165) is 18.6 Å². The van der Waals surface area contributed by atoms with Gasteiger partial charge in [-0.15, -0.1) is 0 Å². The number of carbonyl (C=O) groups excluding carboxylic acids is 1. The van der Waals surface area contributed by atoms with Gasteiger partial charge in [0.15, 0.2) is 5.69 Å². The quantitative estimate of drug-likeness (QED) is 0.880. The van der Waals surface area contributed by atoms with Gasteiger partial charge in [0.05, 0.1) is 6.33 Å². The lowest BCUT2D eigenvalue weighted by Crippen LogP contribution is -2.31. The van der Waals surface area contributed by atoms with Crippen LogP contribution in [0.2, 0.25) is 0 Å². The lowest BCUT2D eigenvalue weighted by Gasteiger charge is -2.05. The third-order valence-corrected chi connectivity index (χ3v) is 3.40. The molecule has 0 aliphatic heterocycles. The maximum atomic E-state index is 11.9. The highest BCUT2D eigenvalue weighted by atomic mass is 16.5. The number of nitrogens with one attached hydrogen (secondary N) is 1. The van der Waals surface area contributed by atoms with Gasteiger partial charge >= 0.3 is 0 Å². The molecule has 0 radical (unpaired) electrons. The Morgan fingerprint density at radius 1 is 1.48 bits per heavy atom. The lowest BCUT2D eigenvalue weighted by atomic mass is 10.3. The van der Waals surface area contributed by atoms with Crippen LogP contribution in [0, 0.1) is 6.92 Å². The average Bonchev–Trinajstić information content (AvgIpc) is 3.18. The molecule has 21 heavy (non-hydrogen) atoms. The summed E-state index contributed by atoms with van der Waals surface area (Å²) in [6, 6.07) is 3.15. The van der Waals surface area contributed by atoms with Crippen LogP contribution in [0.25, 0.3) is 0 Å². The smallest absolute Gasteiger partial charge is 0.273 e. The average molecular weight is 288 g/mol. The van der Waals surface area contributed by atoms with E-state index in [-0.39, 0.29) is 17.2 Å². The maximum absolute atomic E-state index is 11.9. The van der Waals surface area contributed by atoms with Crippen molar-refractivity contribution in [2.24, 2.45) is 0 Å². The second kappa shape index (κ2) is 5.51. The standard InChI is InChI=1S/C14H16N4O3/c1-9-6-13(19)18(8-16-9)5-4-15-14(20)11-7-12(21-17-11)10-2-3-10/h6-8,10H,2-5H2,1H3,(H,15,20). The lowest BCUT2D eigenvalue weighted by molar-refractivity contribution is 0.0943. The number of aromatic nitrogens is 3. The molecule has 1 aliphatic rings. The Kier molecular flexibility index (Phi) is 3.55. The number of hydrogen-bond donors (Lipinski definition) is 1. The number of aryl methyl sites for hydroxylation is 1. The van der Waals surface area contributed by atoms with Gasteiger partial charge in [0.25, 0.3) is 11.5 Å². The van der Waals surface area contributed by atoms with E-state index in [1.165, 1.54) is 17.0 Å². The van der Waals surface area contributed by atoms with Crippen molar-refractivity contribution in [1.29, 1.82) is 0 Å². The molecular formula is C14H16N4O3. The fraction of sp³-hybridized carbons (Fsp3) is 0.429. The molecule has 110 valence electrons. The minimum Gasteiger partial charge on any atom is -0.360 e. The zero-order valence-corrected chi connectivity index (χ0v) is 11.7. The second-order valence-corrected chi connectivity index (χ2v) is 5.21. The van der Waals surface area contributed by atoms with Gasteiger partial charge in [-0.1, -0.05) is 5.16 Å². The highest BCUT2D eigenvalue weighted by Gasteiger charge is 2.28. The SMILES string of the molecule is Cc1cc(=O)n(CCNC(=O)c2cc(C3CC3)on2)cn1. The first kappa shape index (κ1) is 13.5. The number of carbonyl (C=O) groups is 1. The molecule has 1 aliphatic carbocycles. The predicted molar refractivity (Wildman–Crippen MR) is 74.0 cm³/mol. The van der Waals surface area contributed by atoms with Crippen molar-refractivity contribution in [3.63, 3.8) is 0 Å². The highest BCUT2D eigenvalue weighted by Crippen LogP contribution is 2.40. The van der Waals surface area contributed by atoms with Gasteiger partial charge < -0.3 is 9.84 Å². The Labute approximate surface area is 121 Å². The van der Waals surface area contributed by atoms with Crippen LogP contribution >= 0.6 is 0 Å². The molecule has 0 unspecified atom stereocenters. The van der Waals surface area contributed by atoms with E-state index in [1.807, 2.05) is 0 Å². The van der Waals surface area contributed by atoms with Crippen LogP contribution in [0.5, 0.6) is 0 Å². The van der Waals surface area contributed by atoms with E-state index in [9.17, 15) is 9.59 Å². The van der Waals surface area contributed by atoms with E-state index < -0.39 is 0 Å². The molecule has 0 atom stereocenters. The van der Waals surface area contributed by atoms with Crippen molar-refractivity contribution in [1.82, 2.24) is 20.0 Å². The molecule has 1 N–H and O–H groups in total. The summed E-state index contributed by atoms with van der Waals surface area (Å²) in [5.41, 5.74) is 0.830. The maximum Gasteiger partial charge on any atom is 0.273 e. The third-order valence-electron chi connectivity index (χ3n) is 3.40. The van der Waals surface area contributed by atoms with Crippen molar-refractivity contribution >= 4 is 5.91 Å². The van der Waals surface area contributed by atoms with Gasteiger partial charge in [0.1, 0.15) is 5.76 Å². The molecule has 2 aromatic heterocycles. The van der Waals surface area contributed by atoms with Crippen LogP contribution in [0.1, 0.15) is 40.7 Å². The zero-order valence-electron chi connectivity index (χ0n) is 11.7. The Hall–Kier alpha value is -2.44. The molecule has 0 bridgehead atoms. The normalized spacial score (nSPS) is 14.1. The minimum atomic E-state index is -0.293. The number of rotatable bonds is 5. The summed E-state index contributed by atoms with van der Waals surface area (Å²) in [6.45, 7) is 2.45. The van der Waals surface area contributed by atoms with Gasteiger partial charge in [-0.3, -0.25) is 14.2 Å². The second-order valence-electron chi connectivity index (χ2n) is 5.21. The Morgan fingerprint density at radius 2 is 2.29 bits per heavy atom. The largest absolute Gasteiger partial charge is 0.360 e. The fourth-order valence-electron chi connectivity index (χ4n) is 2.02. The molecule has 2 aromatic rings. The Bertz CT molecular complexity index is 715. The van der Waals surface area contributed by atoms with Gasteiger partial charge in [0.2, 0.25) is 0 Å². The van der Waals surface area contributed by atoms with Crippen LogP contribution in [0.4, 0.5) is 0 Å². The summed E-state index contributed by atoms with van der Waals surface area (Å²) >= 11 is 0. The van der Waals surface area contributed by atoms with Crippen molar-refractivity contribution in [2.75, 3.05) is 6.54 Å². The van der Waals surface area contributed by atoms with Gasteiger partial charge in [0, 0.05) is 36.8 Å². The molecule has 0 saturated heterocycles. The third kappa shape index (κ3) is 3.18. The summed E-state index contributed by atoms with van der Waals surface area (Å²) < 4.78 is 6.58. The first-order chi connectivity index (χ1) is 10.1. The first-order valence-corrected chi connectivity index (χ1v) is 6.91. The summed E-state index contributed by atoms with van der Waals surface area (Å²) in [5, 5.41) is 6.48. The van der Waals surface area contributed by atoms with Crippen LogP contribution in [-0.4, -0.2) is 27.2 Å². The van der Waals surface area contributed by atoms with Gasteiger partial charge in [-0.05, 0) is 19.8 Å². The van der Waals surface area contributed by atoms with E-state index >= 15 is 0 Å². The monoisotopic (exact) mass is 288 g/mol. The highest BCUT2D eigenvalue weighted by molar-refractivity contribution is 5.92. The van der Waals surface area contributed by atoms with Crippen molar-refractivity contribution in [2.45, 2.75) is 32.2 Å². The van der Waals surface area contributed by atoms with Crippen LogP contribution in [0.3, 0.4) is 0 Å². The molecule has 7 heteroatoms. The van der Waals surface area contributed by atoms with Crippen LogP contribution in [0.15, 0.2) is 27.8 Å². The Morgan fingerprint density at radius 3 is 3.00 bits per heavy atom. The zero-order chi connectivity index (χ0) is 14.8. The summed E-state index contributed by atoms with van der Waals surface area (Å²) in [6.07, 6.45) is 3.67.